The first-order valence-corrected chi connectivity index (χ1v) is 5.21. The van der Waals surface area contributed by atoms with E-state index in [2.05, 4.69) is 10.6 Å². The lowest BCUT2D eigenvalue weighted by Gasteiger charge is -2.11. The number of hydrogen-bond acceptors (Lipinski definition) is 2. The molecular weight excluding hydrogens is 164 g/mol. The molecule has 0 radical (unpaired) electrons. The van der Waals surface area contributed by atoms with Gasteiger partial charge in [0, 0.05) is 18.5 Å². The van der Waals surface area contributed by atoms with E-state index in [0.29, 0.717) is 6.04 Å². The van der Waals surface area contributed by atoms with Gasteiger partial charge in [0.2, 0.25) is 5.91 Å². The van der Waals surface area contributed by atoms with E-state index in [9.17, 15) is 4.79 Å². The van der Waals surface area contributed by atoms with Crippen molar-refractivity contribution in [2.75, 3.05) is 13.1 Å². The largest absolute Gasteiger partial charge is 0.356 e. The highest BCUT2D eigenvalue weighted by Crippen LogP contribution is 2.07. The quantitative estimate of drug-likeness (QED) is 0.681. The highest BCUT2D eigenvalue weighted by Gasteiger charge is 2.13. The summed E-state index contributed by atoms with van der Waals surface area (Å²) in [6, 6.07) is 0.632. The highest BCUT2D eigenvalue weighted by molar-refractivity contribution is 5.77. The highest BCUT2D eigenvalue weighted by atomic mass is 16.1. The Hall–Kier alpha value is -0.570. The van der Waals surface area contributed by atoms with E-state index in [1.54, 1.807) is 0 Å². The molecule has 1 atom stereocenters. The fraction of sp³-hybridized carbons (Fsp3) is 0.900. The summed E-state index contributed by atoms with van der Waals surface area (Å²) in [6.45, 7) is 5.80. The third kappa shape index (κ3) is 3.77. The second-order valence-corrected chi connectivity index (χ2v) is 4.03. The van der Waals surface area contributed by atoms with Gasteiger partial charge in [-0.1, -0.05) is 13.8 Å². The Bertz CT molecular complexity index is 162. The lowest BCUT2D eigenvalue weighted by atomic mass is 10.1. The van der Waals surface area contributed by atoms with Crippen LogP contribution in [-0.2, 0) is 4.79 Å². The monoisotopic (exact) mass is 184 g/mol. The van der Waals surface area contributed by atoms with Crippen LogP contribution in [0.3, 0.4) is 0 Å². The van der Waals surface area contributed by atoms with Gasteiger partial charge in [0.25, 0.3) is 0 Å². The van der Waals surface area contributed by atoms with E-state index < -0.39 is 0 Å². The van der Waals surface area contributed by atoms with Crippen molar-refractivity contribution in [3.05, 3.63) is 0 Å². The van der Waals surface area contributed by atoms with Gasteiger partial charge >= 0.3 is 0 Å². The predicted octanol–water partition coefficient (Wildman–Crippen LogP) is 0.901. The molecular formula is C10H20N2O. The van der Waals surface area contributed by atoms with Crippen molar-refractivity contribution in [1.82, 2.24) is 10.6 Å². The maximum atomic E-state index is 11.2. The molecule has 1 fully saturated rings. The normalized spacial score (nSPS) is 22.2. The van der Waals surface area contributed by atoms with Crippen molar-refractivity contribution >= 4 is 5.91 Å². The molecule has 1 aliphatic rings. The zero-order valence-corrected chi connectivity index (χ0v) is 8.60. The van der Waals surface area contributed by atoms with Crippen LogP contribution < -0.4 is 10.6 Å². The molecule has 1 aliphatic heterocycles. The van der Waals surface area contributed by atoms with Gasteiger partial charge in [-0.25, -0.2) is 0 Å². The minimum Gasteiger partial charge on any atom is -0.356 e. The van der Waals surface area contributed by atoms with Crippen LogP contribution in [0.2, 0.25) is 0 Å². The van der Waals surface area contributed by atoms with E-state index >= 15 is 0 Å². The van der Waals surface area contributed by atoms with Crippen molar-refractivity contribution in [3.63, 3.8) is 0 Å². The smallest absolute Gasteiger partial charge is 0.222 e. The van der Waals surface area contributed by atoms with E-state index in [4.69, 9.17) is 0 Å². The van der Waals surface area contributed by atoms with E-state index in [1.165, 1.54) is 12.8 Å². The van der Waals surface area contributed by atoms with Crippen LogP contribution in [0, 0.1) is 5.92 Å². The molecule has 0 aromatic carbocycles. The number of rotatable bonds is 4. The summed E-state index contributed by atoms with van der Waals surface area (Å²) >= 11 is 0. The molecule has 1 amide bonds. The molecule has 0 aliphatic carbocycles. The first-order chi connectivity index (χ1) is 6.20. The van der Waals surface area contributed by atoms with E-state index in [1.807, 2.05) is 13.8 Å². The lowest BCUT2D eigenvalue weighted by molar-refractivity contribution is -0.123. The van der Waals surface area contributed by atoms with E-state index in [-0.39, 0.29) is 11.8 Å². The summed E-state index contributed by atoms with van der Waals surface area (Å²) in [5, 5.41) is 6.34. The van der Waals surface area contributed by atoms with Crippen molar-refractivity contribution in [2.24, 2.45) is 5.92 Å². The van der Waals surface area contributed by atoms with Crippen molar-refractivity contribution < 1.29 is 4.79 Å². The summed E-state index contributed by atoms with van der Waals surface area (Å²) in [6.07, 6.45) is 3.61. The number of nitrogens with one attached hydrogen (secondary N) is 2. The minimum absolute atomic E-state index is 0.108. The molecule has 0 aromatic rings. The Morgan fingerprint density at radius 3 is 2.92 bits per heavy atom. The molecule has 0 spiro atoms. The van der Waals surface area contributed by atoms with Gasteiger partial charge in [-0.05, 0) is 25.8 Å². The average Bonchev–Trinajstić information content (AvgIpc) is 2.56. The van der Waals surface area contributed by atoms with Crippen molar-refractivity contribution in [2.45, 2.75) is 39.2 Å². The molecule has 1 saturated heterocycles. The van der Waals surface area contributed by atoms with Crippen LogP contribution >= 0.6 is 0 Å². The first-order valence-electron chi connectivity index (χ1n) is 5.21. The van der Waals surface area contributed by atoms with Crippen molar-refractivity contribution in [1.29, 1.82) is 0 Å². The molecule has 0 aromatic heterocycles. The third-order valence-corrected chi connectivity index (χ3v) is 2.48. The van der Waals surface area contributed by atoms with Crippen LogP contribution in [0.1, 0.15) is 33.1 Å². The molecule has 76 valence electrons. The molecule has 1 unspecified atom stereocenters. The predicted molar refractivity (Wildman–Crippen MR) is 53.5 cm³/mol. The Morgan fingerprint density at radius 2 is 2.38 bits per heavy atom. The van der Waals surface area contributed by atoms with Crippen LogP contribution in [0.25, 0.3) is 0 Å². The number of carbonyl (C=O) groups is 1. The molecule has 3 nitrogen and oxygen atoms in total. The number of amides is 1. The van der Waals surface area contributed by atoms with Crippen molar-refractivity contribution in [3.8, 4) is 0 Å². The lowest BCUT2D eigenvalue weighted by Crippen LogP contribution is -2.32. The SMILES string of the molecule is CC(C)C(=O)NCCC1CCCN1. The maximum absolute atomic E-state index is 11.2. The van der Waals surface area contributed by atoms with Gasteiger partial charge in [0.1, 0.15) is 0 Å². The summed E-state index contributed by atoms with van der Waals surface area (Å²) < 4.78 is 0. The Kier molecular flexibility index (Phi) is 4.22. The number of hydrogen-bond donors (Lipinski definition) is 2. The fourth-order valence-corrected chi connectivity index (χ4v) is 1.58. The summed E-state index contributed by atoms with van der Waals surface area (Å²) in [5.41, 5.74) is 0. The van der Waals surface area contributed by atoms with E-state index in [0.717, 1.165) is 19.5 Å². The zero-order valence-electron chi connectivity index (χ0n) is 8.60. The Morgan fingerprint density at radius 1 is 1.62 bits per heavy atom. The Labute approximate surface area is 80.3 Å². The topological polar surface area (TPSA) is 41.1 Å². The van der Waals surface area contributed by atoms with Crippen LogP contribution in [0.15, 0.2) is 0 Å². The Balaban J connectivity index is 2.03. The summed E-state index contributed by atoms with van der Waals surface area (Å²) in [4.78, 5) is 11.2. The average molecular weight is 184 g/mol. The molecule has 1 heterocycles. The standard InChI is InChI=1S/C10H20N2O/c1-8(2)10(13)12-7-5-9-4-3-6-11-9/h8-9,11H,3-7H2,1-2H3,(H,12,13). The van der Waals surface area contributed by atoms with Crippen LogP contribution in [0.5, 0.6) is 0 Å². The third-order valence-electron chi connectivity index (χ3n) is 2.48. The van der Waals surface area contributed by atoms with Gasteiger partial charge < -0.3 is 10.6 Å². The zero-order chi connectivity index (χ0) is 9.68. The van der Waals surface area contributed by atoms with Gasteiger partial charge in [0.05, 0.1) is 0 Å². The van der Waals surface area contributed by atoms with Gasteiger partial charge in [-0.15, -0.1) is 0 Å². The molecule has 0 bridgehead atoms. The molecule has 3 heteroatoms. The van der Waals surface area contributed by atoms with Gasteiger partial charge in [0.15, 0.2) is 0 Å². The molecule has 13 heavy (non-hydrogen) atoms. The van der Waals surface area contributed by atoms with Gasteiger partial charge in [-0.3, -0.25) is 4.79 Å². The second kappa shape index (κ2) is 5.22. The van der Waals surface area contributed by atoms with Crippen LogP contribution in [-0.4, -0.2) is 25.0 Å². The maximum Gasteiger partial charge on any atom is 0.222 e. The molecule has 0 saturated carbocycles. The van der Waals surface area contributed by atoms with Gasteiger partial charge in [-0.2, -0.15) is 0 Å². The minimum atomic E-state index is 0.108. The molecule has 1 rings (SSSR count). The first kappa shape index (κ1) is 10.5. The van der Waals surface area contributed by atoms with Crippen LogP contribution in [0.4, 0.5) is 0 Å². The summed E-state index contributed by atoms with van der Waals surface area (Å²) in [7, 11) is 0. The summed E-state index contributed by atoms with van der Waals surface area (Å²) in [5.74, 6) is 0.273. The second-order valence-electron chi connectivity index (χ2n) is 4.03. The number of carbonyl (C=O) groups excluding carboxylic acids is 1. The molecule has 2 N–H and O–H groups in total. The fourth-order valence-electron chi connectivity index (χ4n) is 1.58.